The number of benzene rings is 1. The third-order valence-corrected chi connectivity index (χ3v) is 4.39. The number of carbonyl (C=O) groups excluding carboxylic acids is 1. The number of carbonyl (C=O) groups is 1. The Kier molecular flexibility index (Phi) is 4.54. The van der Waals surface area contributed by atoms with Crippen LogP contribution in [0.5, 0.6) is 0 Å². The molecule has 2 rings (SSSR count). The van der Waals surface area contributed by atoms with Crippen molar-refractivity contribution in [1.82, 2.24) is 0 Å². The molecule has 2 N–H and O–H groups in total. The molecule has 1 heterocycles. The van der Waals surface area contributed by atoms with Crippen LogP contribution < -0.4 is 5.73 Å². The van der Waals surface area contributed by atoms with Crippen LogP contribution in [-0.2, 0) is 9.53 Å². The molecule has 1 aromatic carbocycles. The van der Waals surface area contributed by atoms with Crippen LogP contribution in [0.2, 0.25) is 0 Å². The van der Waals surface area contributed by atoms with Crippen LogP contribution in [-0.4, -0.2) is 17.0 Å². The van der Waals surface area contributed by atoms with E-state index >= 15 is 0 Å². The van der Waals surface area contributed by atoms with Gasteiger partial charge in [0, 0.05) is 18.4 Å². The van der Waals surface area contributed by atoms with E-state index in [1.54, 1.807) is 0 Å². The summed E-state index contributed by atoms with van der Waals surface area (Å²) in [4.78, 5) is 12.5. The first-order valence-corrected chi connectivity index (χ1v) is 7.75. The molecule has 0 amide bonds. The highest BCUT2D eigenvalue weighted by atomic mass is 16.5. The fraction of sp³-hybridized carbons (Fsp3) is 0.611. The summed E-state index contributed by atoms with van der Waals surface area (Å²) in [6.07, 6.45) is 2.00. The smallest absolute Gasteiger partial charge is 0.139 e. The number of Topliss-reactive ketones (excluding diaryl/α,β-unsaturated/α-hetero) is 1. The largest absolute Gasteiger partial charge is 0.369 e. The zero-order chi connectivity index (χ0) is 15.7. The second kappa shape index (κ2) is 5.90. The van der Waals surface area contributed by atoms with E-state index in [0.717, 1.165) is 12.0 Å². The first kappa shape index (κ1) is 16.2. The summed E-state index contributed by atoms with van der Waals surface area (Å²) in [5.41, 5.74) is 6.68. The van der Waals surface area contributed by atoms with Gasteiger partial charge in [-0.2, -0.15) is 0 Å². The average Bonchev–Trinajstić information content (AvgIpc) is 2.64. The molecule has 1 aliphatic rings. The van der Waals surface area contributed by atoms with Crippen LogP contribution in [0, 0.1) is 5.92 Å². The van der Waals surface area contributed by atoms with Gasteiger partial charge in [0.2, 0.25) is 0 Å². The third-order valence-electron chi connectivity index (χ3n) is 4.39. The Labute approximate surface area is 127 Å². The molecule has 1 aromatic rings. The number of hydrogen-bond acceptors (Lipinski definition) is 3. The molecule has 1 aliphatic heterocycles. The summed E-state index contributed by atoms with van der Waals surface area (Å²) in [6.45, 7) is 8.14. The van der Waals surface area contributed by atoms with Crippen molar-refractivity contribution < 1.29 is 9.53 Å². The van der Waals surface area contributed by atoms with E-state index in [9.17, 15) is 4.79 Å². The van der Waals surface area contributed by atoms with Crippen LogP contribution >= 0.6 is 0 Å². The maximum absolute atomic E-state index is 12.5. The maximum atomic E-state index is 12.5. The molecule has 116 valence electrons. The van der Waals surface area contributed by atoms with Crippen molar-refractivity contribution in [3.05, 3.63) is 35.9 Å². The molecule has 3 heteroatoms. The van der Waals surface area contributed by atoms with Crippen molar-refractivity contribution in [2.45, 2.75) is 64.2 Å². The second-order valence-corrected chi connectivity index (χ2v) is 7.24. The number of ether oxygens (including phenoxy) is 1. The van der Waals surface area contributed by atoms with Gasteiger partial charge in [-0.05, 0) is 46.1 Å². The summed E-state index contributed by atoms with van der Waals surface area (Å²) in [5, 5.41) is 0. The molecule has 0 bridgehead atoms. The van der Waals surface area contributed by atoms with E-state index < -0.39 is 0 Å². The fourth-order valence-electron chi connectivity index (χ4n) is 3.40. The lowest BCUT2D eigenvalue weighted by Crippen LogP contribution is -2.34. The Morgan fingerprint density at radius 1 is 1.29 bits per heavy atom. The van der Waals surface area contributed by atoms with E-state index in [1.807, 2.05) is 44.2 Å². The molecule has 2 unspecified atom stereocenters. The second-order valence-electron chi connectivity index (χ2n) is 7.24. The molecule has 2 atom stereocenters. The van der Waals surface area contributed by atoms with Crippen molar-refractivity contribution in [3.8, 4) is 0 Å². The normalized spacial score (nSPS) is 24.7. The Morgan fingerprint density at radius 2 is 1.90 bits per heavy atom. The van der Waals surface area contributed by atoms with E-state index in [0.29, 0.717) is 12.8 Å². The summed E-state index contributed by atoms with van der Waals surface area (Å²) in [6, 6.07) is 9.89. The van der Waals surface area contributed by atoms with Crippen molar-refractivity contribution in [2.24, 2.45) is 11.7 Å². The first-order chi connectivity index (χ1) is 9.71. The lowest BCUT2D eigenvalue weighted by Gasteiger charge is -2.26. The highest BCUT2D eigenvalue weighted by Crippen LogP contribution is 2.43. The minimum atomic E-state index is -0.378. The van der Waals surface area contributed by atoms with Crippen molar-refractivity contribution in [3.63, 3.8) is 0 Å². The van der Waals surface area contributed by atoms with Gasteiger partial charge < -0.3 is 10.5 Å². The molecule has 0 aliphatic carbocycles. The monoisotopic (exact) mass is 289 g/mol. The zero-order valence-corrected chi connectivity index (χ0v) is 13.6. The molecule has 3 nitrogen and oxygen atoms in total. The first-order valence-electron chi connectivity index (χ1n) is 7.75. The lowest BCUT2D eigenvalue weighted by molar-refractivity contribution is -0.129. The van der Waals surface area contributed by atoms with E-state index in [-0.39, 0.29) is 28.9 Å². The summed E-state index contributed by atoms with van der Waals surface area (Å²) in [7, 11) is 0. The van der Waals surface area contributed by atoms with Crippen LogP contribution in [0.15, 0.2) is 30.3 Å². The molecule has 0 spiro atoms. The van der Waals surface area contributed by atoms with Gasteiger partial charge in [0.1, 0.15) is 5.78 Å². The zero-order valence-electron chi connectivity index (χ0n) is 13.6. The highest BCUT2D eigenvalue weighted by molar-refractivity contribution is 5.82. The van der Waals surface area contributed by atoms with Crippen LogP contribution in [0.3, 0.4) is 0 Å². The van der Waals surface area contributed by atoms with Crippen LogP contribution in [0.25, 0.3) is 0 Å². The van der Waals surface area contributed by atoms with Crippen LogP contribution in [0.4, 0.5) is 0 Å². The molecule has 1 saturated heterocycles. The van der Waals surface area contributed by atoms with Gasteiger partial charge in [-0.3, -0.25) is 4.79 Å². The van der Waals surface area contributed by atoms with E-state index in [4.69, 9.17) is 10.5 Å². The molecule has 21 heavy (non-hydrogen) atoms. The molecule has 1 fully saturated rings. The van der Waals surface area contributed by atoms with Gasteiger partial charge in [0.15, 0.2) is 0 Å². The lowest BCUT2D eigenvalue weighted by atomic mass is 9.82. The summed E-state index contributed by atoms with van der Waals surface area (Å²) in [5.74, 6) is 0.243. The van der Waals surface area contributed by atoms with Gasteiger partial charge in [-0.25, -0.2) is 0 Å². The Balaban J connectivity index is 1.93. The maximum Gasteiger partial charge on any atom is 0.139 e. The molecule has 0 saturated carbocycles. The molecule has 0 radical (unpaired) electrons. The topological polar surface area (TPSA) is 52.3 Å². The Bertz CT molecular complexity index is 493. The summed E-state index contributed by atoms with van der Waals surface area (Å²) >= 11 is 0. The van der Waals surface area contributed by atoms with Gasteiger partial charge in [-0.15, -0.1) is 0 Å². The average molecular weight is 289 g/mol. The summed E-state index contributed by atoms with van der Waals surface area (Å²) < 4.78 is 6.01. The predicted octanol–water partition coefficient (Wildman–Crippen LogP) is 3.63. The molecule has 0 aromatic heterocycles. The number of nitrogens with two attached hydrogens (primary N) is 1. The predicted molar refractivity (Wildman–Crippen MR) is 85.0 cm³/mol. The number of rotatable bonds is 5. The third kappa shape index (κ3) is 3.92. The minimum absolute atomic E-state index is 0.0320. The van der Waals surface area contributed by atoms with Gasteiger partial charge in [0.05, 0.1) is 11.2 Å². The number of ketones is 1. The molecular weight excluding hydrogens is 262 g/mol. The fourth-order valence-corrected chi connectivity index (χ4v) is 3.40. The molecular formula is C18H27NO2. The quantitative estimate of drug-likeness (QED) is 0.900. The van der Waals surface area contributed by atoms with E-state index in [1.165, 1.54) is 0 Å². The minimum Gasteiger partial charge on any atom is -0.369 e. The van der Waals surface area contributed by atoms with Crippen molar-refractivity contribution in [1.29, 1.82) is 0 Å². The Morgan fingerprint density at radius 3 is 2.43 bits per heavy atom. The highest BCUT2D eigenvalue weighted by Gasteiger charge is 2.48. The van der Waals surface area contributed by atoms with E-state index in [2.05, 4.69) is 13.8 Å². The standard InChI is InChI=1S/C18H27NO2/c1-17(2)12-14(18(3,4)21-17)16(20)11-10-15(19)13-8-6-5-7-9-13/h5-9,14-15H,10-12,19H2,1-4H3. The SMILES string of the molecule is CC1(C)CC(C(=O)CCC(N)c2ccccc2)C(C)(C)O1. The van der Waals surface area contributed by atoms with Gasteiger partial charge >= 0.3 is 0 Å². The van der Waals surface area contributed by atoms with Gasteiger partial charge in [0.25, 0.3) is 0 Å². The van der Waals surface area contributed by atoms with Crippen LogP contribution in [0.1, 0.15) is 58.6 Å². The van der Waals surface area contributed by atoms with Crippen molar-refractivity contribution in [2.75, 3.05) is 0 Å². The number of hydrogen-bond donors (Lipinski definition) is 1. The van der Waals surface area contributed by atoms with Gasteiger partial charge in [-0.1, -0.05) is 30.3 Å². The Hall–Kier alpha value is -1.19. The van der Waals surface area contributed by atoms with Crippen molar-refractivity contribution >= 4 is 5.78 Å².